The van der Waals surface area contributed by atoms with E-state index < -0.39 is 0 Å². The zero-order valence-electron chi connectivity index (χ0n) is 19.1. The summed E-state index contributed by atoms with van der Waals surface area (Å²) >= 11 is 1.73. The molecule has 3 aromatic carbocycles. The molecule has 6 heteroatoms. The molecule has 0 saturated carbocycles. The van der Waals surface area contributed by atoms with E-state index in [9.17, 15) is 0 Å². The fourth-order valence-electron chi connectivity index (χ4n) is 4.16. The second-order valence-electron chi connectivity index (χ2n) is 7.77. The van der Waals surface area contributed by atoms with E-state index in [1.807, 2.05) is 39.0 Å². The minimum absolute atomic E-state index is 0.233. The van der Waals surface area contributed by atoms with Gasteiger partial charge in [0, 0.05) is 11.0 Å². The van der Waals surface area contributed by atoms with Crippen molar-refractivity contribution < 1.29 is 18.6 Å². The van der Waals surface area contributed by atoms with Gasteiger partial charge in [0.1, 0.15) is 17.3 Å². The highest BCUT2D eigenvalue weighted by Gasteiger charge is 2.17. The Morgan fingerprint density at radius 3 is 2.39 bits per heavy atom. The van der Waals surface area contributed by atoms with Crippen LogP contribution in [0.15, 0.2) is 68.9 Å². The number of fused-ring (bicyclic) bond motifs is 2. The molecule has 0 radical (unpaired) electrons. The van der Waals surface area contributed by atoms with Crippen LogP contribution in [0.2, 0.25) is 0 Å². The first kappa shape index (κ1) is 21.5. The van der Waals surface area contributed by atoms with Crippen molar-refractivity contribution in [2.45, 2.75) is 25.7 Å². The summed E-state index contributed by atoms with van der Waals surface area (Å²) in [5, 5.41) is 2.70. The first-order valence-electron chi connectivity index (χ1n) is 10.9. The number of benzene rings is 2. The third kappa shape index (κ3) is 4.07. The number of thioether (sulfide) groups is 1. The van der Waals surface area contributed by atoms with Gasteiger partial charge >= 0.3 is 0 Å². The number of hydrogen-bond acceptors (Lipinski definition) is 6. The number of aryl methyl sites for hydroxylation is 2. The molecule has 33 heavy (non-hydrogen) atoms. The summed E-state index contributed by atoms with van der Waals surface area (Å²) in [5.74, 6) is 3.85. The van der Waals surface area contributed by atoms with E-state index in [1.54, 1.807) is 11.8 Å². The molecule has 1 aromatic heterocycles. The maximum atomic E-state index is 6.10. The minimum atomic E-state index is 0.233. The van der Waals surface area contributed by atoms with Gasteiger partial charge in [0.2, 0.25) is 6.79 Å². The van der Waals surface area contributed by atoms with E-state index in [2.05, 4.69) is 42.7 Å². The Morgan fingerprint density at radius 1 is 0.879 bits per heavy atom. The van der Waals surface area contributed by atoms with Crippen molar-refractivity contribution in [3.63, 3.8) is 0 Å². The third-order valence-corrected chi connectivity index (χ3v) is 6.41. The first-order chi connectivity index (χ1) is 16.1. The van der Waals surface area contributed by atoms with Crippen molar-refractivity contribution in [3.05, 3.63) is 71.5 Å². The molecule has 1 aliphatic rings. The lowest BCUT2D eigenvalue weighted by Gasteiger charge is -2.05. The molecule has 0 spiro atoms. The van der Waals surface area contributed by atoms with Crippen LogP contribution in [-0.4, -0.2) is 19.7 Å². The van der Waals surface area contributed by atoms with Crippen LogP contribution in [0.5, 0.6) is 17.2 Å². The number of rotatable bonds is 5. The van der Waals surface area contributed by atoms with Crippen molar-refractivity contribution in [2.75, 3.05) is 19.7 Å². The molecule has 0 amide bonds. The molecule has 0 fully saturated rings. The number of ether oxygens (including phenoxy) is 3. The predicted molar refractivity (Wildman–Crippen MR) is 132 cm³/mol. The molecule has 5 nitrogen and oxygen atoms in total. The second kappa shape index (κ2) is 8.87. The Balaban J connectivity index is 1.82. The molecular weight excluding hydrogens is 434 g/mol. The third-order valence-electron chi connectivity index (χ3n) is 5.67. The Labute approximate surface area is 197 Å². The van der Waals surface area contributed by atoms with Crippen molar-refractivity contribution in [1.82, 2.24) is 0 Å². The van der Waals surface area contributed by atoms with Crippen LogP contribution in [0, 0.1) is 13.8 Å². The highest BCUT2D eigenvalue weighted by atomic mass is 32.2. The van der Waals surface area contributed by atoms with Gasteiger partial charge in [-0.15, -0.1) is 11.8 Å². The normalized spacial score (nSPS) is 13.0. The van der Waals surface area contributed by atoms with Crippen LogP contribution in [0.3, 0.4) is 0 Å². The van der Waals surface area contributed by atoms with Gasteiger partial charge in [-0.3, -0.25) is 0 Å². The second-order valence-corrected chi connectivity index (χ2v) is 8.65. The van der Waals surface area contributed by atoms with E-state index in [0.717, 1.165) is 56.0 Å². The summed E-state index contributed by atoms with van der Waals surface area (Å²) in [6.45, 7) is 6.72. The zero-order valence-corrected chi connectivity index (χ0v) is 19.9. The molecule has 1 aliphatic heterocycles. The van der Waals surface area contributed by atoms with Gasteiger partial charge in [-0.2, -0.15) is 0 Å². The summed E-state index contributed by atoms with van der Waals surface area (Å²) in [6.07, 6.45) is 2.08. The lowest BCUT2D eigenvalue weighted by atomic mass is 10.1. The minimum Gasteiger partial charge on any atom is -0.493 e. The molecule has 168 valence electrons. The van der Waals surface area contributed by atoms with Crippen molar-refractivity contribution >= 4 is 28.2 Å². The van der Waals surface area contributed by atoms with E-state index in [4.69, 9.17) is 23.6 Å². The quantitative estimate of drug-likeness (QED) is 0.307. The molecule has 0 N–H and O–H groups in total. The Bertz CT molecular complexity index is 1410. The van der Waals surface area contributed by atoms with Crippen LogP contribution in [0.1, 0.15) is 18.4 Å². The molecule has 0 unspecified atom stereocenters. The highest BCUT2D eigenvalue weighted by Crippen LogP contribution is 2.36. The largest absolute Gasteiger partial charge is 0.493 e. The zero-order chi connectivity index (χ0) is 22.9. The van der Waals surface area contributed by atoms with E-state index in [1.165, 1.54) is 4.90 Å². The fraction of sp³-hybridized carbons (Fsp3) is 0.222. The average molecular weight is 460 g/mol. The maximum absolute atomic E-state index is 6.10. The summed E-state index contributed by atoms with van der Waals surface area (Å²) in [5.41, 5.74) is 2.91. The van der Waals surface area contributed by atoms with Gasteiger partial charge in [0.25, 0.3) is 0 Å². The standard InChI is InChI=1S/C27H25NO4S/c1-5-29-25-13-19(18-6-9-21(33-4)10-7-18)12-22(26-16(2)32-17(3)27(25)26)28-20-8-11-23-24(14-20)31-15-30-23/h6-14H,5,15H2,1-4H3. The Morgan fingerprint density at radius 2 is 1.64 bits per heavy atom. The van der Waals surface area contributed by atoms with Gasteiger partial charge < -0.3 is 18.6 Å². The van der Waals surface area contributed by atoms with Crippen LogP contribution in [-0.2, 0) is 0 Å². The molecule has 0 bridgehead atoms. The molecule has 0 atom stereocenters. The van der Waals surface area contributed by atoms with Crippen molar-refractivity contribution in [3.8, 4) is 28.4 Å². The fourth-order valence-corrected chi connectivity index (χ4v) is 4.57. The molecule has 5 rings (SSSR count). The first-order valence-corrected chi connectivity index (χ1v) is 12.1. The lowest BCUT2D eigenvalue weighted by Crippen LogP contribution is -2.00. The summed E-state index contributed by atoms with van der Waals surface area (Å²) in [4.78, 5) is 6.25. The highest BCUT2D eigenvalue weighted by molar-refractivity contribution is 7.98. The molecule has 2 heterocycles. The smallest absolute Gasteiger partial charge is 0.231 e. The van der Waals surface area contributed by atoms with Crippen molar-refractivity contribution in [1.29, 1.82) is 0 Å². The maximum Gasteiger partial charge on any atom is 0.231 e. The average Bonchev–Trinajstić information content (AvgIpc) is 3.35. The predicted octanol–water partition coefficient (Wildman–Crippen LogP) is 6.80. The van der Waals surface area contributed by atoms with E-state index in [-0.39, 0.29) is 6.79 Å². The number of nitrogens with zero attached hydrogens (tertiary/aromatic N) is 1. The van der Waals surface area contributed by atoms with E-state index >= 15 is 0 Å². The topological polar surface area (TPSA) is 53.2 Å². The van der Waals surface area contributed by atoms with Gasteiger partial charge in [-0.25, -0.2) is 4.99 Å². The lowest BCUT2D eigenvalue weighted by molar-refractivity contribution is 0.174. The van der Waals surface area contributed by atoms with Gasteiger partial charge in [-0.05, 0) is 74.6 Å². The Kier molecular flexibility index (Phi) is 5.77. The van der Waals surface area contributed by atoms with Crippen molar-refractivity contribution in [2.24, 2.45) is 4.99 Å². The molecule has 4 aromatic rings. The van der Waals surface area contributed by atoms with Crippen LogP contribution in [0.25, 0.3) is 21.9 Å². The monoisotopic (exact) mass is 459 g/mol. The number of furan rings is 1. The molecule has 0 saturated heterocycles. The summed E-state index contributed by atoms with van der Waals surface area (Å²) in [7, 11) is 0. The Hall–Kier alpha value is -3.38. The van der Waals surface area contributed by atoms with Crippen LogP contribution in [0.4, 0.5) is 5.69 Å². The van der Waals surface area contributed by atoms with Crippen LogP contribution < -0.4 is 19.6 Å². The summed E-state index contributed by atoms with van der Waals surface area (Å²) < 4.78 is 23.1. The van der Waals surface area contributed by atoms with E-state index in [0.29, 0.717) is 12.4 Å². The van der Waals surface area contributed by atoms with Crippen LogP contribution >= 0.6 is 11.8 Å². The molecular formula is C27H25NO4S. The SMILES string of the molecule is CCOc1cc(-c2ccc(SC)cc2)cc(=Nc2ccc3c(c2)OCO3)c2c(C)oc(C)c12. The van der Waals surface area contributed by atoms with Gasteiger partial charge in [0.05, 0.1) is 28.4 Å². The summed E-state index contributed by atoms with van der Waals surface area (Å²) in [6, 6.07) is 18.5. The number of hydrogen-bond donors (Lipinski definition) is 0. The van der Waals surface area contributed by atoms with Gasteiger partial charge in [0.15, 0.2) is 11.5 Å². The molecule has 0 aliphatic carbocycles. The van der Waals surface area contributed by atoms with Gasteiger partial charge in [-0.1, -0.05) is 12.1 Å².